The third-order valence-electron chi connectivity index (χ3n) is 4.27. The Hall–Kier alpha value is -1.22. The molecule has 102 valence electrons. The average molecular weight is 280 g/mol. The molecule has 3 nitrogen and oxygen atoms in total. The minimum Gasteiger partial charge on any atom is -0.484 e. The van der Waals surface area contributed by atoms with Crippen molar-refractivity contribution < 1.29 is 9.53 Å². The Bertz CT molecular complexity index is 460. The van der Waals surface area contributed by atoms with Gasteiger partial charge >= 0.3 is 0 Å². The first-order valence-electron chi connectivity index (χ1n) is 6.88. The highest BCUT2D eigenvalue weighted by molar-refractivity contribution is 6.30. The second-order valence-electron chi connectivity index (χ2n) is 5.59. The van der Waals surface area contributed by atoms with Crippen LogP contribution in [0.2, 0.25) is 5.02 Å². The molecular formula is C15H18ClNO2. The maximum absolute atomic E-state index is 11.9. The number of hydrogen-bond donors (Lipinski definition) is 1. The van der Waals surface area contributed by atoms with Crippen LogP contribution in [0.3, 0.4) is 0 Å². The van der Waals surface area contributed by atoms with E-state index < -0.39 is 0 Å². The quantitative estimate of drug-likeness (QED) is 0.920. The van der Waals surface area contributed by atoms with Crippen molar-refractivity contribution in [3.63, 3.8) is 0 Å². The maximum Gasteiger partial charge on any atom is 0.258 e. The number of nitrogens with one attached hydrogen (secondary N) is 1. The second-order valence-corrected chi connectivity index (χ2v) is 6.03. The number of halogens is 1. The number of rotatable bonds is 4. The molecule has 3 atom stereocenters. The van der Waals surface area contributed by atoms with Gasteiger partial charge in [0.1, 0.15) is 5.75 Å². The van der Waals surface area contributed by atoms with Crippen LogP contribution in [0.25, 0.3) is 0 Å². The van der Waals surface area contributed by atoms with Gasteiger partial charge in [0.05, 0.1) is 0 Å². The van der Waals surface area contributed by atoms with Crippen LogP contribution in [0.4, 0.5) is 0 Å². The number of carbonyl (C=O) groups is 1. The predicted octanol–water partition coefficient (Wildman–Crippen LogP) is 3.02. The summed E-state index contributed by atoms with van der Waals surface area (Å²) >= 11 is 5.79. The monoisotopic (exact) mass is 279 g/mol. The van der Waals surface area contributed by atoms with Gasteiger partial charge in [0.25, 0.3) is 5.91 Å². The van der Waals surface area contributed by atoms with Gasteiger partial charge in [-0.1, -0.05) is 18.0 Å². The summed E-state index contributed by atoms with van der Waals surface area (Å²) in [6.45, 7) is 0.0789. The van der Waals surface area contributed by atoms with Gasteiger partial charge in [-0.2, -0.15) is 0 Å². The van der Waals surface area contributed by atoms with Gasteiger partial charge in [-0.05, 0) is 55.4 Å². The Morgan fingerprint density at radius 3 is 2.68 bits per heavy atom. The van der Waals surface area contributed by atoms with Crippen LogP contribution < -0.4 is 10.1 Å². The van der Waals surface area contributed by atoms with E-state index in [0.29, 0.717) is 22.7 Å². The normalized spacial score (nSPS) is 28.4. The van der Waals surface area contributed by atoms with Crippen molar-refractivity contribution in [2.45, 2.75) is 31.7 Å². The largest absolute Gasteiger partial charge is 0.484 e. The molecular weight excluding hydrogens is 262 g/mol. The Morgan fingerprint density at radius 2 is 2.05 bits per heavy atom. The molecule has 0 spiro atoms. The van der Waals surface area contributed by atoms with Gasteiger partial charge in [-0.15, -0.1) is 0 Å². The molecule has 0 saturated heterocycles. The molecule has 3 rings (SSSR count). The Balaban J connectivity index is 1.45. The molecule has 1 aromatic carbocycles. The minimum absolute atomic E-state index is 0.0208. The highest BCUT2D eigenvalue weighted by atomic mass is 35.5. The third-order valence-corrected chi connectivity index (χ3v) is 4.52. The number of ether oxygens (including phenoxy) is 1. The van der Waals surface area contributed by atoms with Crippen LogP contribution in [0, 0.1) is 11.8 Å². The number of amides is 1. The van der Waals surface area contributed by atoms with Crippen molar-refractivity contribution in [1.29, 1.82) is 0 Å². The van der Waals surface area contributed by atoms with Gasteiger partial charge in [-0.3, -0.25) is 4.79 Å². The van der Waals surface area contributed by atoms with Crippen LogP contribution in [-0.2, 0) is 4.79 Å². The Labute approximate surface area is 118 Å². The third kappa shape index (κ3) is 3.03. The van der Waals surface area contributed by atoms with Crippen molar-refractivity contribution in [2.24, 2.45) is 11.8 Å². The molecule has 4 heteroatoms. The van der Waals surface area contributed by atoms with Crippen LogP contribution in [0.5, 0.6) is 5.75 Å². The van der Waals surface area contributed by atoms with Gasteiger partial charge in [-0.25, -0.2) is 0 Å². The summed E-state index contributed by atoms with van der Waals surface area (Å²) in [5.41, 5.74) is 0. The molecule has 0 aliphatic heterocycles. The Kier molecular flexibility index (Phi) is 3.65. The van der Waals surface area contributed by atoms with Crippen LogP contribution in [0.15, 0.2) is 24.3 Å². The lowest BCUT2D eigenvalue weighted by Crippen LogP contribution is -2.40. The fourth-order valence-electron chi connectivity index (χ4n) is 3.35. The van der Waals surface area contributed by atoms with Gasteiger partial charge in [0, 0.05) is 11.1 Å². The first-order chi connectivity index (χ1) is 9.20. The van der Waals surface area contributed by atoms with E-state index in [9.17, 15) is 4.79 Å². The summed E-state index contributed by atoms with van der Waals surface area (Å²) in [5.74, 6) is 2.19. The predicted molar refractivity (Wildman–Crippen MR) is 74.3 cm³/mol. The van der Waals surface area contributed by atoms with Gasteiger partial charge in [0.2, 0.25) is 0 Å². The van der Waals surface area contributed by atoms with E-state index in [-0.39, 0.29) is 12.5 Å². The molecule has 0 aromatic heterocycles. The maximum atomic E-state index is 11.9. The van der Waals surface area contributed by atoms with Gasteiger partial charge < -0.3 is 10.1 Å². The van der Waals surface area contributed by atoms with Crippen molar-refractivity contribution in [3.8, 4) is 5.75 Å². The minimum atomic E-state index is -0.0208. The fourth-order valence-corrected chi connectivity index (χ4v) is 3.48. The fraction of sp³-hybridized carbons (Fsp3) is 0.533. The molecule has 1 aromatic rings. The van der Waals surface area contributed by atoms with E-state index in [1.807, 2.05) is 0 Å². The molecule has 0 unspecified atom stereocenters. The lowest BCUT2D eigenvalue weighted by atomic mass is 9.95. The molecule has 0 radical (unpaired) electrons. The van der Waals surface area contributed by atoms with E-state index >= 15 is 0 Å². The zero-order valence-electron chi connectivity index (χ0n) is 10.8. The molecule has 2 aliphatic carbocycles. The number of fused-ring (bicyclic) bond motifs is 2. The van der Waals surface area contributed by atoms with Crippen molar-refractivity contribution in [1.82, 2.24) is 5.32 Å². The molecule has 1 N–H and O–H groups in total. The zero-order valence-corrected chi connectivity index (χ0v) is 11.5. The molecule has 2 bridgehead atoms. The zero-order chi connectivity index (χ0) is 13.2. The van der Waals surface area contributed by atoms with E-state index in [1.165, 1.54) is 19.3 Å². The van der Waals surface area contributed by atoms with Crippen molar-refractivity contribution >= 4 is 17.5 Å². The first-order valence-corrected chi connectivity index (χ1v) is 7.26. The average Bonchev–Trinajstić information content (AvgIpc) is 3.00. The van der Waals surface area contributed by atoms with Crippen LogP contribution >= 0.6 is 11.6 Å². The van der Waals surface area contributed by atoms with E-state index in [2.05, 4.69) is 5.32 Å². The number of hydrogen-bond acceptors (Lipinski definition) is 2. The summed E-state index contributed by atoms with van der Waals surface area (Å²) < 4.78 is 5.44. The highest BCUT2D eigenvalue weighted by Gasteiger charge is 2.40. The van der Waals surface area contributed by atoms with Crippen LogP contribution in [0.1, 0.15) is 25.7 Å². The summed E-state index contributed by atoms with van der Waals surface area (Å²) in [6, 6.07) is 7.43. The summed E-state index contributed by atoms with van der Waals surface area (Å²) in [6.07, 6.45) is 5.06. The van der Waals surface area contributed by atoms with Crippen LogP contribution in [-0.4, -0.2) is 18.6 Å². The second kappa shape index (κ2) is 5.41. The van der Waals surface area contributed by atoms with E-state index in [4.69, 9.17) is 16.3 Å². The SMILES string of the molecule is O=C(COc1ccc(Cl)cc1)N[C@@H]1C[C@H]2CC[C@H]1C2. The molecule has 2 fully saturated rings. The Morgan fingerprint density at radius 1 is 1.26 bits per heavy atom. The lowest BCUT2D eigenvalue weighted by Gasteiger charge is -2.22. The first kappa shape index (κ1) is 12.8. The summed E-state index contributed by atoms with van der Waals surface area (Å²) in [5, 5.41) is 3.77. The smallest absolute Gasteiger partial charge is 0.258 e. The van der Waals surface area contributed by atoms with Gasteiger partial charge in [0.15, 0.2) is 6.61 Å². The highest BCUT2D eigenvalue weighted by Crippen LogP contribution is 2.44. The van der Waals surface area contributed by atoms with Crippen molar-refractivity contribution in [3.05, 3.63) is 29.3 Å². The van der Waals surface area contributed by atoms with Crippen molar-refractivity contribution in [2.75, 3.05) is 6.61 Å². The van der Waals surface area contributed by atoms with E-state index in [0.717, 1.165) is 12.3 Å². The number of benzene rings is 1. The summed E-state index contributed by atoms with van der Waals surface area (Å²) in [4.78, 5) is 11.9. The molecule has 1 amide bonds. The topological polar surface area (TPSA) is 38.3 Å². The van der Waals surface area contributed by atoms with E-state index in [1.54, 1.807) is 24.3 Å². The molecule has 2 aliphatic rings. The standard InChI is InChI=1S/C15H18ClNO2/c16-12-3-5-13(6-4-12)19-9-15(18)17-14-8-10-1-2-11(14)7-10/h3-6,10-11,14H,1-2,7-9H2,(H,17,18)/t10-,11-,14+/m0/s1. The molecule has 0 heterocycles. The lowest BCUT2D eigenvalue weighted by molar-refractivity contribution is -0.124. The number of carbonyl (C=O) groups excluding carboxylic acids is 1. The molecule has 2 saturated carbocycles. The molecule has 19 heavy (non-hydrogen) atoms. The summed E-state index contributed by atoms with van der Waals surface area (Å²) in [7, 11) is 0.